The van der Waals surface area contributed by atoms with Crippen molar-refractivity contribution in [3.05, 3.63) is 46.6 Å². The summed E-state index contributed by atoms with van der Waals surface area (Å²) in [6, 6.07) is 5.99. The van der Waals surface area contributed by atoms with E-state index in [-0.39, 0.29) is 23.6 Å². The Labute approximate surface area is 166 Å². The highest BCUT2D eigenvalue weighted by Gasteiger charge is 2.57. The molecule has 1 amide bonds. The minimum Gasteiger partial charge on any atom is -0.481 e. The van der Waals surface area contributed by atoms with Crippen LogP contribution in [0.5, 0.6) is 0 Å². The summed E-state index contributed by atoms with van der Waals surface area (Å²) in [6.07, 6.45) is 1.68. The van der Waals surface area contributed by atoms with Gasteiger partial charge in [-0.3, -0.25) is 9.59 Å². The maximum absolute atomic E-state index is 13.1. The van der Waals surface area contributed by atoms with Crippen LogP contribution < -0.4 is 5.32 Å². The number of carbonyl (C=O) groups is 2. The first-order valence-electron chi connectivity index (χ1n) is 9.29. The van der Waals surface area contributed by atoms with Crippen LogP contribution in [0.25, 0.3) is 11.3 Å². The van der Waals surface area contributed by atoms with Crippen molar-refractivity contribution in [2.24, 2.45) is 23.7 Å². The van der Waals surface area contributed by atoms with Crippen molar-refractivity contribution < 1.29 is 19.1 Å². The molecule has 4 rings (SSSR count). The Balaban J connectivity index is 1.56. The highest BCUT2D eigenvalue weighted by Crippen LogP contribution is 2.57. The summed E-state index contributed by atoms with van der Waals surface area (Å²) in [6.45, 7) is 3.99. The van der Waals surface area contributed by atoms with Gasteiger partial charge in [-0.1, -0.05) is 11.1 Å². The van der Waals surface area contributed by atoms with Crippen molar-refractivity contribution in [1.82, 2.24) is 4.98 Å². The quantitative estimate of drug-likeness (QED) is 0.736. The average Bonchev–Trinajstić information content (AvgIpc) is 3.35. The Morgan fingerprint density at radius 3 is 2.39 bits per heavy atom. The van der Waals surface area contributed by atoms with Gasteiger partial charge < -0.3 is 10.4 Å². The Hall–Kier alpha value is -2.54. The molecular weight excluding hydrogens is 379 g/mol. The van der Waals surface area contributed by atoms with Gasteiger partial charge in [0.25, 0.3) is 0 Å². The largest absolute Gasteiger partial charge is 0.481 e. The number of nitrogens with zero attached hydrogens (tertiary/aromatic N) is 1. The Morgan fingerprint density at radius 1 is 1.14 bits per heavy atom. The molecule has 0 aliphatic heterocycles. The van der Waals surface area contributed by atoms with E-state index in [1.54, 1.807) is 17.5 Å². The number of aliphatic carboxylic acids is 1. The van der Waals surface area contributed by atoms with Gasteiger partial charge in [0, 0.05) is 10.9 Å². The predicted octanol–water partition coefficient (Wildman–Crippen LogP) is 4.58. The summed E-state index contributed by atoms with van der Waals surface area (Å²) in [5.41, 5.74) is 3.68. The maximum Gasteiger partial charge on any atom is 0.307 e. The third-order valence-corrected chi connectivity index (χ3v) is 6.64. The second-order valence-electron chi connectivity index (χ2n) is 7.67. The fourth-order valence-electron chi connectivity index (χ4n) is 4.88. The van der Waals surface area contributed by atoms with Gasteiger partial charge in [0.2, 0.25) is 5.91 Å². The van der Waals surface area contributed by atoms with Crippen LogP contribution in [0.3, 0.4) is 0 Å². The number of carbonyl (C=O) groups excluding carboxylic acids is 1. The van der Waals surface area contributed by atoms with Gasteiger partial charge in [-0.05, 0) is 62.8 Å². The van der Waals surface area contributed by atoms with Crippen molar-refractivity contribution in [2.75, 3.05) is 5.32 Å². The number of nitrogens with one attached hydrogen (secondary N) is 1. The Bertz CT molecular complexity index is 962. The van der Waals surface area contributed by atoms with E-state index in [1.165, 1.54) is 23.5 Å². The van der Waals surface area contributed by atoms with E-state index < -0.39 is 17.8 Å². The van der Waals surface area contributed by atoms with E-state index in [4.69, 9.17) is 0 Å². The SMILES string of the molecule is CC(C)=C1[C@H]2CC[C@@H]1[C@@H](C(=O)Nc1nc(-c3ccc(F)cc3)cs1)[C@H]2C(=O)O. The summed E-state index contributed by atoms with van der Waals surface area (Å²) < 4.78 is 13.1. The molecule has 1 heterocycles. The highest BCUT2D eigenvalue weighted by atomic mass is 32.1. The van der Waals surface area contributed by atoms with Crippen LogP contribution in [0.2, 0.25) is 0 Å². The van der Waals surface area contributed by atoms with Crippen LogP contribution in [-0.2, 0) is 9.59 Å². The van der Waals surface area contributed by atoms with Crippen LogP contribution >= 0.6 is 11.3 Å². The molecule has 1 aromatic heterocycles. The zero-order valence-electron chi connectivity index (χ0n) is 15.6. The first kappa shape index (κ1) is 18.8. The molecule has 2 N–H and O–H groups in total. The number of benzene rings is 1. The van der Waals surface area contributed by atoms with Gasteiger partial charge in [-0.25, -0.2) is 9.37 Å². The van der Waals surface area contributed by atoms with E-state index in [1.807, 2.05) is 13.8 Å². The smallest absolute Gasteiger partial charge is 0.307 e. The third-order valence-electron chi connectivity index (χ3n) is 5.88. The molecule has 0 radical (unpaired) electrons. The first-order chi connectivity index (χ1) is 13.4. The topological polar surface area (TPSA) is 79.3 Å². The molecule has 1 aromatic carbocycles. The monoisotopic (exact) mass is 400 g/mol. The molecule has 0 unspecified atom stereocenters. The average molecular weight is 400 g/mol. The zero-order chi connectivity index (χ0) is 20.0. The molecule has 28 heavy (non-hydrogen) atoms. The number of hydrogen-bond acceptors (Lipinski definition) is 4. The number of allylic oxidation sites excluding steroid dienone is 2. The second-order valence-corrected chi connectivity index (χ2v) is 8.53. The lowest BCUT2D eigenvalue weighted by Gasteiger charge is -2.25. The molecule has 0 saturated heterocycles. The molecule has 2 aliphatic carbocycles. The molecule has 2 saturated carbocycles. The van der Waals surface area contributed by atoms with Gasteiger partial charge in [-0.15, -0.1) is 11.3 Å². The molecular formula is C21H21FN2O3S. The van der Waals surface area contributed by atoms with Crippen molar-refractivity contribution in [3.63, 3.8) is 0 Å². The van der Waals surface area contributed by atoms with E-state index in [0.717, 1.165) is 29.6 Å². The standard InChI is InChI=1S/C21H21FN2O3S/c1-10(2)16-13-7-8-14(16)18(20(26)27)17(13)19(25)24-21-23-15(9-28-21)11-3-5-12(22)6-4-11/h3-6,9,13-14,17-18H,7-8H2,1-2H3,(H,26,27)(H,23,24,25)/t13-,14+,17+,18-/m0/s1. The Morgan fingerprint density at radius 2 is 1.79 bits per heavy atom. The maximum atomic E-state index is 13.1. The predicted molar refractivity (Wildman–Crippen MR) is 105 cm³/mol. The number of halogens is 1. The molecule has 2 aliphatic rings. The first-order valence-corrected chi connectivity index (χ1v) is 10.2. The number of aromatic nitrogens is 1. The van der Waals surface area contributed by atoms with Crippen LogP contribution in [0.4, 0.5) is 9.52 Å². The second kappa shape index (κ2) is 7.13. The number of rotatable bonds is 4. The number of carboxylic acid groups (broad SMARTS) is 1. The fraction of sp³-hybridized carbons (Fsp3) is 0.381. The van der Waals surface area contributed by atoms with E-state index in [9.17, 15) is 19.1 Å². The number of hydrogen-bond donors (Lipinski definition) is 2. The summed E-state index contributed by atoms with van der Waals surface area (Å²) >= 11 is 1.28. The number of carboxylic acids is 1. The third kappa shape index (κ3) is 3.13. The van der Waals surface area contributed by atoms with Crippen molar-refractivity contribution in [3.8, 4) is 11.3 Å². The number of thiazole rings is 1. The van der Waals surface area contributed by atoms with Crippen LogP contribution in [-0.4, -0.2) is 22.0 Å². The van der Waals surface area contributed by atoms with Crippen LogP contribution in [0.15, 0.2) is 40.8 Å². The Kier molecular flexibility index (Phi) is 4.79. The zero-order valence-corrected chi connectivity index (χ0v) is 16.4. The van der Waals surface area contributed by atoms with Crippen molar-refractivity contribution in [2.45, 2.75) is 26.7 Å². The van der Waals surface area contributed by atoms with E-state index in [2.05, 4.69) is 10.3 Å². The van der Waals surface area contributed by atoms with E-state index in [0.29, 0.717) is 10.8 Å². The molecule has 5 nitrogen and oxygen atoms in total. The highest BCUT2D eigenvalue weighted by molar-refractivity contribution is 7.14. The van der Waals surface area contributed by atoms with Crippen molar-refractivity contribution in [1.29, 1.82) is 0 Å². The van der Waals surface area contributed by atoms with Crippen LogP contribution in [0.1, 0.15) is 26.7 Å². The van der Waals surface area contributed by atoms with Gasteiger partial charge in [0.15, 0.2) is 5.13 Å². The lowest BCUT2D eigenvalue weighted by atomic mass is 9.79. The van der Waals surface area contributed by atoms with Gasteiger partial charge in [-0.2, -0.15) is 0 Å². The molecule has 7 heteroatoms. The van der Waals surface area contributed by atoms with Crippen LogP contribution in [0, 0.1) is 29.5 Å². The minimum absolute atomic E-state index is 0.00682. The fourth-order valence-corrected chi connectivity index (χ4v) is 5.60. The number of fused-ring (bicyclic) bond motifs is 2. The summed E-state index contributed by atoms with van der Waals surface area (Å²) in [5.74, 6) is -2.81. The molecule has 0 spiro atoms. The molecule has 4 atom stereocenters. The van der Waals surface area contributed by atoms with Crippen molar-refractivity contribution >= 4 is 28.3 Å². The molecule has 146 valence electrons. The molecule has 2 aromatic rings. The summed E-state index contributed by atoms with van der Waals surface area (Å²) in [5, 5.41) is 14.8. The lowest BCUT2D eigenvalue weighted by molar-refractivity contribution is -0.148. The van der Waals surface area contributed by atoms with Gasteiger partial charge >= 0.3 is 5.97 Å². The van der Waals surface area contributed by atoms with Gasteiger partial charge in [0.05, 0.1) is 17.5 Å². The molecule has 2 bridgehead atoms. The minimum atomic E-state index is -0.905. The normalized spacial score (nSPS) is 25.8. The summed E-state index contributed by atoms with van der Waals surface area (Å²) in [4.78, 5) is 29.3. The lowest BCUT2D eigenvalue weighted by Crippen LogP contribution is -2.37. The number of amides is 1. The molecule has 2 fully saturated rings. The summed E-state index contributed by atoms with van der Waals surface area (Å²) in [7, 11) is 0. The van der Waals surface area contributed by atoms with Gasteiger partial charge in [0.1, 0.15) is 5.82 Å². The number of anilines is 1. The van der Waals surface area contributed by atoms with E-state index >= 15 is 0 Å².